The van der Waals surface area contributed by atoms with E-state index in [-0.39, 0.29) is 0 Å². The van der Waals surface area contributed by atoms with E-state index in [1.165, 1.54) is 5.56 Å². The highest BCUT2D eigenvalue weighted by Gasteiger charge is 2.04. The molecule has 3 aromatic rings. The van der Waals surface area contributed by atoms with Crippen molar-refractivity contribution in [1.82, 2.24) is 4.98 Å². The Morgan fingerprint density at radius 3 is 2.45 bits per heavy atom. The predicted molar refractivity (Wildman–Crippen MR) is 89.3 cm³/mol. The number of benzene rings is 2. The molecule has 0 saturated carbocycles. The van der Waals surface area contributed by atoms with E-state index in [4.69, 9.17) is 4.74 Å². The van der Waals surface area contributed by atoms with Gasteiger partial charge in [-0.2, -0.15) is 0 Å². The van der Waals surface area contributed by atoms with Crippen molar-refractivity contribution in [1.29, 1.82) is 0 Å². The zero-order valence-electron chi connectivity index (χ0n) is 12.5. The number of rotatable bonds is 5. The van der Waals surface area contributed by atoms with Crippen molar-refractivity contribution in [3.05, 3.63) is 84.1 Å². The van der Waals surface area contributed by atoms with Gasteiger partial charge in [-0.3, -0.25) is 0 Å². The van der Waals surface area contributed by atoms with Crippen LogP contribution in [-0.2, 0) is 6.54 Å². The topological polar surface area (TPSA) is 34.1 Å². The third-order valence-corrected chi connectivity index (χ3v) is 3.35. The minimum Gasteiger partial charge on any atom is -0.457 e. The summed E-state index contributed by atoms with van der Waals surface area (Å²) >= 11 is 0. The molecular formula is C19H18N2O. The van der Waals surface area contributed by atoms with Gasteiger partial charge in [0.25, 0.3) is 0 Å². The fourth-order valence-electron chi connectivity index (χ4n) is 2.14. The molecule has 1 heterocycles. The van der Waals surface area contributed by atoms with E-state index in [9.17, 15) is 0 Å². The van der Waals surface area contributed by atoms with Crippen molar-refractivity contribution in [2.45, 2.75) is 13.5 Å². The number of ether oxygens (including phenoxy) is 1. The number of hydrogen-bond donors (Lipinski definition) is 1. The molecule has 3 heteroatoms. The van der Waals surface area contributed by atoms with Crippen molar-refractivity contribution < 1.29 is 4.74 Å². The third-order valence-electron chi connectivity index (χ3n) is 3.35. The number of aryl methyl sites for hydroxylation is 1. The van der Waals surface area contributed by atoms with E-state index in [0.29, 0.717) is 6.54 Å². The average molecular weight is 290 g/mol. The Balaban J connectivity index is 1.73. The zero-order chi connectivity index (χ0) is 15.2. The molecule has 3 nitrogen and oxygen atoms in total. The van der Waals surface area contributed by atoms with E-state index in [0.717, 1.165) is 22.9 Å². The van der Waals surface area contributed by atoms with Gasteiger partial charge >= 0.3 is 0 Å². The van der Waals surface area contributed by atoms with Crippen LogP contribution in [0.15, 0.2) is 72.9 Å². The minimum absolute atomic E-state index is 0.666. The molecule has 0 unspecified atom stereocenters. The van der Waals surface area contributed by atoms with Crippen LogP contribution in [-0.4, -0.2) is 4.98 Å². The van der Waals surface area contributed by atoms with E-state index in [1.54, 1.807) is 6.20 Å². The highest BCUT2D eigenvalue weighted by atomic mass is 16.5. The SMILES string of the molecule is Cc1ccc(Oc2ccccc2CNc2ccccn2)cc1. The number of pyridine rings is 1. The predicted octanol–water partition coefficient (Wildman–Crippen LogP) is 4.79. The van der Waals surface area contributed by atoms with Crippen molar-refractivity contribution in [2.75, 3.05) is 5.32 Å². The van der Waals surface area contributed by atoms with E-state index in [1.807, 2.05) is 60.7 Å². The number of hydrogen-bond acceptors (Lipinski definition) is 3. The summed E-state index contributed by atoms with van der Waals surface area (Å²) in [5.41, 5.74) is 2.31. The minimum atomic E-state index is 0.666. The van der Waals surface area contributed by atoms with Gasteiger partial charge in [0.1, 0.15) is 17.3 Å². The second kappa shape index (κ2) is 6.76. The fourth-order valence-corrected chi connectivity index (χ4v) is 2.14. The van der Waals surface area contributed by atoms with Gasteiger partial charge < -0.3 is 10.1 Å². The molecule has 3 rings (SSSR count). The number of aromatic nitrogens is 1. The molecule has 0 aliphatic heterocycles. The highest BCUT2D eigenvalue weighted by Crippen LogP contribution is 2.26. The molecule has 0 atom stereocenters. The quantitative estimate of drug-likeness (QED) is 0.733. The van der Waals surface area contributed by atoms with Crippen LogP contribution in [0.1, 0.15) is 11.1 Å². The van der Waals surface area contributed by atoms with Crippen LogP contribution in [0.25, 0.3) is 0 Å². The number of anilines is 1. The first kappa shape index (κ1) is 14.1. The maximum Gasteiger partial charge on any atom is 0.132 e. The molecule has 0 saturated heterocycles. The summed E-state index contributed by atoms with van der Waals surface area (Å²) in [6.07, 6.45) is 1.77. The number of nitrogens with zero attached hydrogens (tertiary/aromatic N) is 1. The number of para-hydroxylation sites is 1. The first-order valence-electron chi connectivity index (χ1n) is 7.28. The lowest BCUT2D eigenvalue weighted by atomic mass is 10.2. The molecule has 22 heavy (non-hydrogen) atoms. The molecule has 1 aromatic heterocycles. The van der Waals surface area contributed by atoms with E-state index >= 15 is 0 Å². The van der Waals surface area contributed by atoms with Gasteiger partial charge in [0.2, 0.25) is 0 Å². The smallest absolute Gasteiger partial charge is 0.132 e. The lowest BCUT2D eigenvalue weighted by Crippen LogP contribution is -2.02. The van der Waals surface area contributed by atoms with Crippen LogP contribution < -0.4 is 10.1 Å². The highest BCUT2D eigenvalue weighted by molar-refractivity contribution is 5.42. The summed E-state index contributed by atoms with van der Waals surface area (Å²) in [4.78, 5) is 4.27. The Kier molecular flexibility index (Phi) is 4.35. The first-order valence-corrected chi connectivity index (χ1v) is 7.28. The van der Waals surface area contributed by atoms with Gasteiger partial charge in [-0.1, -0.05) is 42.0 Å². The van der Waals surface area contributed by atoms with Gasteiger partial charge in [-0.05, 0) is 37.3 Å². The van der Waals surface area contributed by atoms with Gasteiger partial charge in [-0.25, -0.2) is 4.98 Å². The van der Waals surface area contributed by atoms with E-state index in [2.05, 4.69) is 23.3 Å². The lowest BCUT2D eigenvalue weighted by molar-refractivity contribution is 0.477. The van der Waals surface area contributed by atoms with Gasteiger partial charge in [-0.15, -0.1) is 0 Å². The summed E-state index contributed by atoms with van der Waals surface area (Å²) in [5.74, 6) is 2.55. The molecule has 0 aliphatic carbocycles. The second-order valence-corrected chi connectivity index (χ2v) is 5.09. The molecule has 0 radical (unpaired) electrons. The van der Waals surface area contributed by atoms with Crippen molar-refractivity contribution in [3.63, 3.8) is 0 Å². The van der Waals surface area contributed by atoms with Crippen molar-refractivity contribution in [3.8, 4) is 11.5 Å². The summed E-state index contributed by atoms with van der Waals surface area (Å²) in [6, 6.07) is 21.9. The maximum absolute atomic E-state index is 5.99. The zero-order valence-corrected chi connectivity index (χ0v) is 12.5. The molecule has 0 fully saturated rings. The van der Waals surface area contributed by atoms with Gasteiger partial charge in [0, 0.05) is 18.3 Å². The molecule has 0 amide bonds. The van der Waals surface area contributed by atoms with Crippen molar-refractivity contribution >= 4 is 5.82 Å². The Labute approximate surface area is 130 Å². The summed E-state index contributed by atoms with van der Waals surface area (Å²) in [7, 11) is 0. The third kappa shape index (κ3) is 3.64. The Morgan fingerprint density at radius 1 is 0.909 bits per heavy atom. The van der Waals surface area contributed by atoms with Gasteiger partial charge in [0.05, 0.1) is 0 Å². The van der Waals surface area contributed by atoms with Crippen LogP contribution in [0.4, 0.5) is 5.82 Å². The monoisotopic (exact) mass is 290 g/mol. The molecule has 2 aromatic carbocycles. The molecular weight excluding hydrogens is 272 g/mol. The normalized spacial score (nSPS) is 10.2. The van der Waals surface area contributed by atoms with Crippen LogP contribution in [0.3, 0.4) is 0 Å². The Hall–Kier alpha value is -2.81. The molecule has 0 bridgehead atoms. The fraction of sp³-hybridized carbons (Fsp3) is 0.105. The summed E-state index contributed by atoms with van der Waals surface area (Å²) in [6.45, 7) is 2.73. The lowest BCUT2D eigenvalue weighted by Gasteiger charge is -2.12. The molecule has 0 aliphatic rings. The van der Waals surface area contributed by atoms with Crippen LogP contribution in [0, 0.1) is 6.92 Å². The number of nitrogens with one attached hydrogen (secondary N) is 1. The van der Waals surface area contributed by atoms with Crippen molar-refractivity contribution in [2.24, 2.45) is 0 Å². The van der Waals surface area contributed by atoms with E-state index < -0.39 is 0 Å². The first-order chi connectivity index (χ1) is 10.8. The molecule has 1 N–H and O–H groups in total. The largest absolute Gasteiger partial charge is 0.457 e. The van der Waals surface area contributed by atoms with Gasteiger partial charge in [0.15, 0.2) is 0 Å². The summed E-state index contributed by atoms with van der Waals surface area (Å²) < 4.78 is 5.99. The summed E-state index contributed by atoms with van der Waals surface area (Å²) in [5, 5.41) is 3.31. The maximum atomic E-state index is 5.99. The standard InChI is InChI=1S/C19H18N2O/c1-15-9-11-17(12-10-15)22-18-7-3-2-6-16(18)14-21-19-8-4-5-13-20-19/h2-13H,14H2,1H3,(H,20,21). The van der Waals surface area contributed by atoms with Crippen LogP contribution >= 0.6 is 0 Å². The Morgan fingerprint density at radius 2 is 1.68 bits per heavy atom. The second-order valence-electron chi connectivity index (χ2n) is 5.09. The molecule has 110 valence electrons. The van der Waals surface area contributed by atoms with Crippen LogP contribution in [0.5, 0.6) is 11.5 Å². The average Bonchev–Trinajstić information content (AvgIpc) is 2.57. The van der Waals surface area contributed by atoms with Crippen LogP contribution in [0.2, 0.25) is 0 Å². The molecule has 0 spiro atoms. The Bertz CT molecular complexity index is 724.